The van der Waals surface area contributed by atoms with Gasteiger partial charge in [-0.05, 0) is 6.42 Å². The fourth-order valence-corrected chi connectivity index (χ4v) is 1.99. The molecule has 1 rings (SSSR count). The Morgan fingerprint density at radius 3 is 2.48 bits per heavy atom. The Balaban J connectivity index is 3.11. The van der Waals surface area contributed by atoms with Crippen LogP contribution in [0.1, 0.15) is 46.9 Å². The minimum Gasteiger partial charge on any atom is -0.383 e. The lowest BCUT2D eigenvalue weighted by Gasteiger charge is -2.16. The van der Waals surface area contributed by atoms with Gasteiger partial charge >= 0.3 is 12.0 Å². The molecule has 8 heteroatoms. The largest absolute Gasteiger partial charge is 0.383 e. The molecule has 0 bridgehead atoms. The maximum atomic E-state index is 12.4. The Hall–Kier alpha value is -1.57. The quantitative estimate of drug-likeness (QED) is 0.794. The molecule has 0 aliphatic carbocycles. The summed E-state index contributed by atoms with van der Waals surface area (Å²) < 4.78 is 6.05. The Labute approximate surface area is 129 Å². The molecule has 0 saturated heterocycles. The molecule has 0 radical (unpaired) electrons. The highest BCUT2D eigenvalue weighted by molar-refractivity contribution is 7.94. The van der Waals surface area contributed by atoms with E-state index in [1.807, 2.05) is 27.7 Å². The van der Waals surface area contributed by atoms with Gasteiger partial charge in [0.25, 0.3) is 0 Å². The summed E-state index contributed by atoms with van der Waals surface area (Å²) in [4.78, 5) is 29.2. The molecule has 21 heavy (non-hydrogen) atoms. The van der Waals surface area contributed by atoms with Crippen LogP contribution in [0.15, 0.2) is 5.16 Å². The third-order valence-corrected chi connectivity index (χ3v) is 3.28. The third-order valence-electron chi connectivity index (χ3n) is 2.55. The molecule has 0 aliphatic rings. The van der Waals surface area contributed by atoms with Gasteiger partial charge in [-0.15, -0.1) is 5.10 Å². The van der Waals surface area contributed by atoms with Crippen LogP contribution in [0.2, 0.25) is 0 Å². The van der Waals surface area contributed by atoms with Crippen molar-refractivity contribution in [3.05, 3.63) is 5.82 Å². The van der Waals surface area contributed by atoms with Crippen molar-refractivity contribution in [1.29, 1.82) is 0 Å². The van der Waals surface area contributed by atoms with Crippen LogP contribution < -0.4 is 0 Å². The summed E-state index contributed by atoms with van der Waals surface area (Å²) in [5.41, 5.74) is -0.305. The van der Waals surface area contributed by atoms with Gasteiger partial charge in [-0.25, -0.2) is 9.78 Å². The Morgan fingerprint density at radius 1 is 1.38 bits per heavy atom. The van der Waals surface area contributed by atoms with Gasteiger partial charge in [0.1, 0.15) is 12.0 Å². The van der Waals surface area contributed by atoms with E-state index in [2.05, 4.69) is 10.1 Å². The molecule has 7 nitrogen and oxygen atoms in total. The standard InChI is InChI=1S/C13H22N4O3S/c1-7-8-16(6)12(19)17-11(21-20-9(2)18)14-10(15-17)13(3,4)5/h7-8H2,1-6H3. The highest BCUT2D eigenvalue weighted by Crippen LogP contribution is 2.24. The van der Waals surface area contributed by atoms with E-state index in [0.717, 1.165) is 18.5 Å². The van der Waals surface area contributed by atoms with Gasteiger partial charge < -0.3 is 9.08 Å². The summed E-state index contributed by atoms with van der Waals surface area (Å²) in [7, 11) is 1.70. The zero-order valence-electron chi connectivity index (χ0n) is 13.3. The van der Waals surface area contributed by atoms with Crippen LogP contribution in [0.4, 0.5) is 4.79 Å². The van der Waals surface area contributed by atoms with Gasteiger partial charge in [0.05, 0.1) is 0 Å². The second-order valence-corrected chi connectivity index (χ2v) is 6.44. The molecule has 0 unspecified atom stereocenters. The van der Waals surface area contributed by atoms with Gasteiger partial charge in [0.15, 0.2) is 5.82 Å². The molecular weight excluding hydrogens is 292 g/mol. The second-order valence-electron chi connectivity index (χ2n) is 5.74. The summed E-state index contributed by atoms with van der Waals surface area (Å²) in [6.07, 6.45) is 0.843. The van der Waals surface area contributed by atoms with Crippen LogP contribution in [-0.4, -0.2) is 45.3 Å². The van der Waals surface area contributed by atoms with E-state index in [4.69, 9.17) is 4.18 Å². The minimum absolute atomic E-state index is 0.253. The predicted octanol–water partition coefficient (Wildman–Crippen LogP) is 2.46. The molecule has 0 N–H and O–H groups in total. The average Bonchev–Trinajstić information content (AvgIpc) is 2.79. The van der Waals surface area contributed by atoms with Crippen LogP contribution in [0, 0.1) is 0 Å². The monoisotopic (exact) mass is 314 g/mol. The van der Waals surface area contributed by atoms with E-state index < -0.39 is 5.97 Å². The molecule has 1 aromatic rings. The topological polar surface area (TPSA) is 77.3 Å². The second kappa shape index (κ2) is 6.93. The van der Waals surface area contributed by atoms with Crippen LogP contribution in [-0.2, 0) is 14.4 Å². The van der Waals surface area contributed by atoms with Crippen molar-refractivity contribution in [3.8, 4) is 0 Å². The predicted molar refractivity (Wildman–Crippen MR) is 80.1 cm³/mol. The van der Waals surface area contributed by atoms with Gasteiger partial charge in [-0.1, -0.05) is 27.7 Å². The van der Waals surface area contributed by atoms with E-state index in [1.54, 1.807) is 11.9 Å². The third kappa shape index (κ3) is 4.73. The summed E-state index contributed by atoms with van der Waals surface area (Å²) in [5.74, 6) is 0.0663. The van der Waals surface area contributed by atoms with E-state index >= 15 is 0 Å². The summed E-state index contributed by atoms with van der Waals surface area (Å²) in [6.45, 7) is 9.75. The minimum atomic E-state index is -0.457. The van der Waals surface area contributed by atoms with Crippen molar-refractivity contribution in [3.63, 3.8) is 0 Å². The molecule has 1 amide bonds. The Bertz CT molecular complexity index is 522. The van der Waals surface area contributed by atoms with Crippen molar-refractivity contribution < 1.29 is 13.8 Å². The number of aromatic nitrogens is 3. The zero-order valence-corrected chi connectivity index (χ0v) is 14.2. The van der Waals surface area contributed by atoms with Gasteiger partial charge in [0.2, 0.25) is 5.16 Å². The summed E-state index contributed by atoms with van der Waals surface area (Å²) in [6, 6.07) is -0.297. The Kier molecular flexibility index (Phi) is 5.77. The molecule has 1 heterocycles. The highest BCUT2D eigenvalue weighted by Gasteiger charge is 2.26. The van der Waals surface area contributed by atoms with Crippen LogP contribution >= 0.6 is 12.0 Å². The number of nitrogens with zero attached hydrogens (tertiary/aromatic N) is 4. The fraction of sp³-hybridized carbons (Fsp3) is 0.692. The van der Waals surface area contributed by atoms with Gasteiger partial charge in [-0.3, -0.25) is 4.79 Å². The number of hydrogen-bond acceptors (Lipinski definition) is 6. The molecule has 118 valence electrons. The molecular formula is C13H22N4O3S. The van der Waals surface area contributed by atoms with E-state index in [9.17, 15) is 9.59 Å². The molecule has 0 aromatic carbocycles. The number of rotatable bonds is 4. The number of hydrogen-bond donors (Lipinski definition) is 0. The molecule has 0 atom stereocenters. The lowest BCUT2D eigenvalue weighted by atomic mass is 9.96. The number of carbonyl (C=O) groups excluding carboxylic acids is 2. The van der Waals surface area contributed by atoms with E-state index in [-0.39, 0.29) is 16.6 Å². The first-order chi connectivity index (χ1) is 9.66. The molecule has 0 aliphatic heterocycles. The van der Waals surface area contributed by atoms with Crippen molar-refractivity contribution in [1.82, 2.24) is 19.7 Å². The zero-order chi connectivity index (χ0) is 16.2. The lowest BCUT2D eigenvalue weighted by Crippen LogP contribution is -2.33. The fourth-order valence-electron chi connectivity index (χ4n) is 1.48. The first-order valence-corrected chi connectivity index (χ1v) is 7.49. The van der Waals surface area contributed by atoms with Crippen LogP contribution in [0.5, 0.6) is 0 Å². The van der Waals surface area contributed by atoms with Crippen molar-refractivity contribution >= 4 is 24.0 Å². The van der Waals surface area contributed by atoms with E-state index in [1.165, 1.54) is 11.6 Å². The normalized spacial score (nSPS) is 11.3. The molecule has 0 saturated carbocycles. The highest BCUT2D eigenvalue weighted by atomic mass is 32.2. The summed E-state index contributed by atoms with van der Waals surface area (Å²) >= 11 is 0.748. The van der Waals surface area contributed by atoms with Crippen LogP contribution in [0.25, 0.3) is 0 Å². The van der Waals surface area contributed by atoms with Crippen molar-refractivity contribution in [2.75, 3.05) is 13.6 Å². The van der Waals surface area contributed by atoms with Crippen molar-refractivity contribution in [2.45, 2.75) is 51.6 Å². The lowest BCUT2D eigenvalue weighted by molar-refractivity contribution is -0.130. The van der Waals surface area contributed by atoms with Crippen molar-refractivity contribution in [2.24, 2.45) is 0 Å². The van der Waals surface area contributed by atoms with Gasteiger partial charge in [-0.2, -0.15) is 4.68 Å². The molecule has 0 fully saturated rings. The average molecular weight is 314 g/mol. The first-order valence-electron chi connectivity index (χ1n) is 6.75. The SMILES string of the molecule is CCCN(C)C(=O)n1nc(C(C)(C)C)nc1SOC(C)=O. The maximum Gasteiger partial charge on any atom is 0.347 e. The number of amides is 1. The molecule has 0 spiro atoms. The van der Waals surface area contributed by atoms with E-state index in [0.29, 0.717) is 12.4 Å². The summed E-state index contributed by atoms with van der Waals surface area (Å²) in [5, 5.41) is 4.52. The van der Waals surface area contributed by atoms with Crippen LogP contribution in [0.3, 0.4) is 0 Å². The van der Waals surface area contributed by atoms with Gasteiger partial charge in [0, 0.05) is 25.9 Å². The Morgan fingerprint density at radius 2 is 2.00 bits per heavy atom. The number of carbonyl (C=O) groups is 2. The molecule has 1 aromatic heterocycles. The smallest absolute Gasteiger partial charge is 0.347 e. The first kappa shape index (κ1) is 17.5. The maximum absolute atomic E-state index is 12.4.